The number of oxazole rings is 1. The van der Waals surface area contributed by atoms with Gasteiger partial charge < -0.3 is 18.6 Å². The summed E-state index contributed by atoms with van der Waals surface area (Å²) in [5.74, 6) is -0.186. The summed E-state index contributed by atoms with van der Waals surface area (Å²) in [6.07, 6.45) is 1.24. The zero-order valence-electron chi connectivity index (χ0n) is 8.69. The molecule has 0 amide bonds. The molecule has 0 aromatic carbocycles. The second-order valence-corrected chi connectivity index (χ2v) is 2.60. The molecular formula is C9H13NO5. The predicted octanol–water partition coefficient (Wildman–Crippen LogP) is 0.972. The van der Waals surface area contributed by atoms with Crippen molar-refractivity contribution in [3.05, 3.63) is 17.8 Å². The third-order valence-corrected chi connectivity index (χ3v) is 1.46. The molecule has 0 saturated heterocycles. The summed E-state index contributed by atoms with van der Waals surface area (Å²) >= 11 is 0. The summed E-state index contributed by atoms with van der Waals surface area (Å²) in [4.78, 5) is 15.1. The third-order valence-electron chi connectivity index (χ3n) is 1.46. The van der Waals surface area contributed by atoms with E-state index in [9.17, 15) is 4.79 Å². The van der Waals surface area contributed by atoms with Crippen LogP contribution in [0, 0.1) is 0 Å². The zero-order chi connectivity index (χ0) is 11.1. The highest BCUT2D eigenvalue weighted by atomic mass is 16.7. The van der Waals surface area contributed by atoms with E-state index in [0.29, 0.717) is 12.5 Å². The van der Waals surface area contributed by atoms with E-state index in [-0.39, 0.29) is 19.1 Å². The average Bonchev–Trinajstić information content (AvgIpc) is 2.67. The van der Waals surface area contributed by atoms with Crippen molar-refractivity contribution in [3.8, 4) is 0 Å². The topological polar surface area (TPSA) is 70.8 Å². The Morgan fingerprint density at radius 3 is 3.07 bits per heavy atom. The minimum absolute atomic E-state index is 0.146. The van der Waals surface area contributed by atoms with Gasteiger partial charge in [-0.2, -0.15) is 0 Å². The van der Waals surface area contributed by atoms with E-state index in [1.807, 2.05) is 0 Å². The maximum absolute atomic E-state index is 11.2. The second-order valence-electron chi connectivity index (χ2n) is 2.60. The Hall–Kier alpha value is -1.40. The van der Waals surface area contributed by atoms with Crippen LogP contribution in [0.25, 0.3) is 0 Å². The minimum Gasteiger partial charge on any atom is -0.461 e. The van der Waals surface area contributed by atoms with Gasteiger partial charge in [0.25, 0.3) is 0 Å². The predicted molar refractivity (Wildman–Crippen MR) is 49.1 cm³/mol. The summed E-state index contributed by atoms with van der Waals surface area (Å²) in [5.41, 5.74) is 0.146. The van der Waals surface area contributed by atoms with Crippen molar-refractivity contribution in [3.63, 3.8) is 0 Å². The van der Waals surface area contributed by atoms with Crippen LogP contribution < -0.4 is 0 Å². The maximum atomic E-state index is 11.2. The SMILES string of the molecule is CCOC(=O)c1coc(COCOC)n1. The van der Waals surface area contributed by atoms with Gasteiger partial charge in [0.05, 0.1) is 6.61 Å². The molecule has 84 valence electrons. The van der Waals surface area contributed by atoms with Crippen molar-refractivity contribution in [1.82, 2.24) is 4.98 Å². The zero-order valence-corrected chi connectivity index (χ0v) is 8.69. The molecule has 0 atom stereocenters. The van der Waals surface area contributed by atoms with Crippen LogP contribution in [0.3, 0.4) is 0 Å². The number of aromatic nitrogens is 1. The summed E-state index contributed by atoms with van der Waals surface area (Å²) in [6.45, 7) is 2.34. The van der Waals surface area contributed by atoms with E-state index in [1.54, 1.807) is 6.92 Å². The van der Waals surface area contributed by atoms with Crippen LogP contribution in [0.5, 0.6) is 0 Å². The van der Waals surface area contributed by atoms with Gasteiger partial charge in [-0.25, -0.2) is 9.78 Å². The van der Waals surface area contributed by atoms with Crippen LogP contribution in [-0.2, 0) is 20.8 Å². The molecule has 1 rings (SSSR count). The van der Waals surface area contributed by atoms with Gasteiger partial charge in [-0.05, 0) is 6.92 Å². The number of hydrogen-bond donors (Lipinski definition) is 0. The number of methoxy groups -OCH3 is 1. The highest BCUT2D eigenvalue weighted by molar-refractivity contribution is 5.86. The molecule has 0 N–H and O–H groups in total. The van der Waals surface area contributed by atoms with E-state index in [0.717, 1.165) is 0 Å². The smallest absolute Gasteiger partial charge is 0.360 e. The van der Waals surface area contributed by atoms with E-state index < -0.39 is 5.97 Å². The molecule has 0 aliphatic heterocycles. The molecule has 0 aliphatic carbocycles. The molecule has 1 aromatic heterocycles. The molecule has 6 heteroatoms. The van der Waals surface area contributed by atoms with Gasteiger partial charge in [0.1, 0.15) is 19.7 Å². The third kappa shape index (κ3) is 3.69. The van der Waals surface area contributed by atoms with Crippen molar-refractivity contribution < 1.29 is 23.4 Å². The summed E-state index contributed by atoms with van der Waals surface area (Å²) in [5, 5.41) is 0. The Balaban J connectivity index is 2.45. The summed E-state index contributed by atoms with van der Waals surface area (Å²) in [6, 6.07) is 0. The second kappa shape index (κ2) is 6.15. The van der Waals surface area contributed by atoms with Crippen LogP contribution in [0.15, 0.2) is 10.7 Å². The molecule has 0 aliphatic rings. The Kier molecular flexibility index (Phi) is 4.79. The highest BCUT2D eigenvalue weighted by Crippen LogP contribution is 2.05. The monoisotopic (exact) mass is 215 g/mol. The van der Waals surface area contributed by atoms with Gasteiger partial charge in [0, 0.05) is 7.11 Å². The molecule has 0 fully saturated rings. The number of carbonyl (C=O) groups is 1. The van der Waals surface area contributed by atoms with Gasteiger partial charge in [-0.15, -0.1) is 0 Å². The van der Waals surface area contributed by atoms with Gasteiger partial charge in [0.15, 0.2) is 5.69 Å². The fourth-order valence-electron chi connectivity index (χ4n) is 0.888. The lowest BCUT2D eigenvalue weighted by molar-refractivity contribution is -0.0453. The fourth-order valence-corrected chi connectivity index (χ4v) is 0.888. The molecule has 0 radical (unpaired) electrons. The van der Waals surface area contributed by atoms with Crippen LogP contribution in [0.1, 0.15) is 23.3 Å². The van der Waals surface area contributed by atoms with Crippen molar-refractivity contribution in [2.75, 3.05) is 20.5 Å². The molecule has 0 unspecified atom stereocenters. The van der Waals surface area contributed by atoms with Gasteiger partial charge in [0.2, 0.25) is 5.89 Å². The Morgan fingerprint density at radius 2 is 2.40 bits per heavy atom. The summed E-state index contributed by atoms with van der Waals surface area (Å²) < 4.78 is 19.4. The van der Waals surface area contributed by atoms with Crippen molar-refractivity contribution in [1.29, 1.82) is 0 Å². The highest BCUT2D eigenvalue weighted by Gasteiger charge is 2.12. The molecule has 1 aromatic rings. The first-order valence-electron chi connectivity index (χ1n) is 4.46. The Bertz CT molecular complexity index is 309. The van der Waals surface area contributed by atoms with Crippen molar-refractivity contribution in [2.45, 2.75) is 13.5 Å². The lowest BCUT2D eigenvalue weighted by atomic mass is 10.5. The normalized spacial score (nSPS) is 10.3. The van der Waals surface area contributed by atoms with Crippen molar-refractivity contribution in [2.24, 2.45) is 0 Å². The molecule has 6 nitrogen and oxygen atoms in total. The number of esters is 1. The maximum Gasteiger partial charge on any atom is 0.360 e. The molecule has 0 bridgehead atoms. The molecule has 0 spiro atoms. The molecule has 1 heterocycles. The van der Waals surface area contributed by atoms with Crippen LogP contribution >= 0.6 is 0 Å². The van der Waals surface area contributed by atoms with E-state index in [1.165, 1.54) is 13.4 Å². The summed E-state index contributed by atoms with van der Waals surface area (Å²) in [7, 11) is 1.51. The number of ether oxygens (including phenoxy) is 3. The van der Waals surface area contributed by atoms with E-state index in [4.69, 9.17) is 13.9 Å². The quantitative estimate of drug-likeness (QED) is 0.400. The van der Waals surface area contributed by atoms with Crippen molar-refractivity contribution >= 4 is 5.97 Å². The first kappa shape index (κ1) is 11.7. The fraction of sp³-hybridized carbons (Fsp3) is 0.556. The number of nitrogens with zero attached hydrogens (tertiary/aromatic N) is 1. The van der Waals surface area contributed by atoms with E-state index >= 15 is 0 Å². The van der Waals surface area contributed by atoms with Crippen LogP contribution in [-0.4, -0.2) is 31.5 Å². The molecule has 15 heavy (non-hydrogen) atoms. The largest absolute Gasteiger partial charge is 0.461 e. The standard InChI is InChI=1S/C9H13NO5/c1-3-14-9(11)7-4-15-8(10-7)5-13-6-12-2/h4H,3,5-6H2,1-2H3. The van der Waals surface area contributed by atoms with E-state index in [2.05, 4.69) is 9.72 Å². The average molecular weight is 215 g/mol. The number of rotatable bonds is 6. The Morgan fingerprint density at radius 1 is 1.60 bits per heavy atom. The van der Waals surface area contributed by atoms with Gasteiger partial charge in [-0.1, -0.05) is 0 Å². The van der Waals surface area contributed by atoms with Crippen LogP contribution in [0.4, 0.5) is 0 Å². The first-order chi connectivity index (χ1) is 7.27. The molecule has 0 saturated carbocycles. The lowest BCUT2D eigenvalue weighted by Crippen LogP contribution is -2.05. The molecular weight excluding hydrogens is 202 g/mol. The number of carbonyl (C=O) groups excluding carboxylic acids is 1. The lowest BCUT2D eigenvalue weighted by Gasteiger charge is -1.97. The van der Waals surface area contributed by atoms with Gasteiger partial charge >= 0.3 is 5.97 Å². The van der Waals surface area contributed by atoms with Crippen LogP contribution in [0.2, 0.25) is 0 Å². The van der Waals surface area contributed by atoms with Gasteiger partial charge in [-0.3, -0.25) is 0 Å². The first-order valence-corrected chi connectivity index (χ1v) is 4.46. The minimum atomic E-state index is -0.501. The Labute approximate surface area is 87.1 Å². The number of hydrogen-bond acceptors (Lipinski definition) is 6.